The molecule has 0 saturated carbocycles. The summed E-state index contributed by atoms with van der Waals surface area (Å²) >= 11 is 0. The van der Waals surface area contributed by atoms with Crippen molar-refractivity contribution in [2.45, 2.75) is 25.3 Å². The van der Waals surface area contributed by atoms with E-state index in [0.717, 1.165) is 0 Å². The second-order valence-corrected chi connectivity index (χ2v) is 7.41. The summed E-state index contributed by atoms with van der Waals surface area (Å²) in [6.45, 7) is 1.18. The summed E-state index contributed by atoms with van der Waals surface area (Å²) in [6.07, 6.45) is 1.40. The molecule has 1 unspecified atom stereocenters. The van der Waals surface area contributed by atoms with E-state index >= 15 is 0 Å². The molecule has 2 aliphatic heterocycles. The number of nitrogens with zero attached hydrogens (tertiary/aromatic N) is 2. The van der Waals surface area contributed by atoms with E-state index < -0.39 is 6.04 Å². The van der Waals surface area contributed by atoms with Crippen molar-refractivity contribution in [3.8, 4) is 11.5 Å². The Morgan fingerprint density at radius 1 is 0.931 bits per heavy atom. The van der Waals surface area contributed by atoms with E-state index in [0.29, 0.717) is 43.1 Å². The maximum atomic E-state index is 12.9. The molecule has 2 aliphatic rings. The molecule has 2 saturated heterocycles. The number of hydrogen-bond donors (Lipinski definition) is 1. The first-order chi connectivity index (χ1) is 14.0. The van der Waals surface area contributed by atoms with Gasteiger partial charge in [-0.15, -0.1) is 0 Å². The molecule has 2 aromatic carbocycles. The highest BCUT2D eigenvalue weighted by atomic mass is 16.5. The Balaban J connectivity index is 1.43. The fourth-order valence-electron chi connectivity index (χ4n) is 3.96. The van der Waals surface area contributed by atoms with E-state index in [4.69, 9.17) is 10.5 Å². The highest BCUT2D eigenvalue weighted by Gasteiger charge is 2.43. The van der Waals surface area contributed by atoms with Crippen molar-refractivity contribution in [3.63, 3.8) is 0 Å². The zero-order valence-corrected chi connectivity index (χ0v) is 16.0. The summed E-state index contributed by atoms with van der Waals surface area (Å²) in [7, 11) is 0. The van der Waals surface area contributed by atoms with Crippen molar-refractivity contribution in [3.05, 3.63) is 54.6 Å². The molecule has 7 nitrogen and oxygen atoms in total. The molecule has 7 heteroatoms. The number of ether oxygens (including phenoxy) is 1. The Kier molecular flexibility index (Phi) is 5.31. The smallest absolute Gasteiger partial charge is 0.251 e. The van der Waals surface area contributed by atoms with Crippen LogP contribution in [0.2, 0.25) is 0 Å². The number of benzene rings is 2. The van der Waals surface area contributed by atoms with Crippen LogP contribution in [0, 0.1) is 5.92 Å². The minimum absolute atomic E-state index is 0.147. The maximum Gasteiger partial charge on any atom is 0.251 e. The van der Waals surface area contributed by atoms with Crippen LogP contribution in [-0.2, 0) is 14.4 Å². The Morgan fingerprint density at radius 2 is 1.55 bits per heavy atom. The lowest BCUT2D eigenvalue weighted by atomic mass is 9.95. The topological polar surface area (TPSA) is 92.9 Å². The number of carbonyl (C=O) groups excluding carboxylic acids is 3. The van der Waals surface area contributed by atoms with Crippen molar-refractivity contribution in [1.29, 1.82) is 0 Å². The van der Waals surface area contributed by atoms with E-state index in [2.05, 4.69) is 0 Å². The third kappa shape index (κ3) is 4.00. The van der Waals surface area contributed by atoms with Crippen LogP contribution in [0.5, 0.6) is 11.5 Å². The largest absolute Gasteiger partial charge is 0.457 e. The number of amides is 3. The van der Waals surface area contributed by atoms with Crippen LogP contribution in [0.15, 0.2) is 54.6 Å². The van der Waals surface area contributed by atoms with Gasteiger partial charge in [-0.3, -0.25) is 19.3 Å². The van der Waals surface area contributed by atoms with Gasteiger partial charge in [-0.05, 0) is 62.3 Å². The van der Waals surface area contributed by atoms with Gasteiger partial charge in [-0.1, -0.05) is 18.2 Å². The lowest BCUT2D eigenvalue weighted by Gasteiger charge is -2.33. The average molecular weight is 393 g/mol. The van der Waals surface area contributed by atoms with E-state index in [9.17, 15) is 14.4 Å². The molecule has 0 aliphatic carbocycles. The van der Waals surface area contributed by atoms with Gasteiger partial charge in [0.15, 0.2) is 0 Å². The number of rotatable bonds is 5. The van der Waals surface area contributed by atoms with Crippen LogP contribution >= 0.6 is 0 Å². The van der Waals surface area contributed by atoms with Crippen molar-refractivity contribution < 1.29 is 19.1 Å². The normalized spacial score (nSPS) is 20.8. The van der Waals surface area contributed by atoms with Gasteiger partial charge in [-0.2, -0.15) is 0 Å². The standard InChI is InChI=1S/C22H23N3O4/c23-21(27)15-10-12-24(13-11-15)19-14-20(26)25(22(19)28)16-6-8-18(9-7-16)29-17-4-2-1-3-5-17/h1-9,15,19H,10-14H2,(H2,23,27). The van der Waals surface area contributed by atoms with Gasteiger partial charge in [0.1, 0.15) is 11.5 Å². The van der Waals surface area contributed by atoms with E-state index in [1.807, 2.05) is 35.2 Å². The van der Waals surface area contributed by atoms with E-state index in [-0.39, 0.29) is 30.1 Å². The van der Waals surface area contributed by atoms with Gasteiger partial charge in [0.2, 0.25) is 11.8 Å². The number of hydrogen-bond acceptors (Lipinski definition) is 5. The molecule has 3 amide bonds. The molecule has 0 aromatic heterocycles. The lowest BCUT2D eigenvalue weighted by Crippen LogP contribution is -2.47. The molecular formula is C22H23N3O4. The van der Waals surface area contributed by atoms with E-state index in [1.165, 1.54) is 4.90 Å². The molecule has 2 aromatic rings. The number of para-hydroxylation sites is 1. The van der Waals surface area contributed by atoms with Crippen LogP contribution in [0.3, 0.4) is 0 Å². The molecule has 0 radical (unpaired) electrons. The molecule has 2 N–H and O–H groups in total. The van der Waals surface area contributed by atoms with Gasteiger partial charge in [0, 0.05) is 5.92 Å². The molecule has 4 rings (SSSR count). The van der Waals surface area contributed by atoms with Gasteiger partial charge in [0.25, 0.3) is 5.91 Å². The SMILES string of the molecule is NC(=O)C1CCN(C2CC(=O)N(c3ccc(Oc4ccccc4)cc3)C2=O)CC1. The Morgan fingerprint density at radius 3 is 2.17 bits per heavy atom. The van der Waals surface area contributed by atoms with Gasteiger partial charge in [-0.25, -0.2) is 4.90 Å². The zero-order valence-electron chi connectivity index (χ0n) is 16.0. The first-order valence-electron chi connectivity index (χ1n) is 9.76. The fourth-order valence-corrected chi connectivity index (χ4v) is 3.96. The number of primary amides is 1. The number of carbonyl (C=O) groups is 3. The minimum atomic E-state index is -0.475. The number of likely N-dealkylation sites (tertiary alicyclic amines) is 1. The first-order valence-corrected chi connectivity index (χ1v) is 9.76. The van der Waals surface area contributed by atoms with Gasteiger partial charge >= 0.3 is 0 Å². The third-order valence-corrected chi connectivity index (χ3v) is 5.57. The maximum absolute atomic E-state index is 12.9. The molecule has 1 atom stereocenters. The summed E-state index contributed by atoms with van der Waals surface area (Å²) in [6, 6.07) is 15.8. The predicted octanol–water partition coefficient (Wildman–Crippen LogP) is 2.31. The summed E-state index contributed by atoms with van der Waals surface area (Å²) in [4.78, 5) is 40.1. The lowest BCUT2D eigenvalue weighted by molar-refractivity contribution is -0.124. The Bertz CT molecular complexity index is 905. The predicted molar refractivity (Wildman–Crippen MR) is 107 cm³/mol. The molecule has 0 bridgehead atoms. The Labute approximate surface area is 169 Å². The number of nitrogens with two attached hydrogens (primary N) is 1. The Hall–Kier alpha value is -3.19. The quantitative estimate of drug-likeness (QED) is 0.787. The first kappa shape index (κ1) is 19.1. The highest BCUT2D eigenvalue weighted by Crippen LogP contribution is 2.30. The fraction of sp³-hybridized carbons (Fsp3) is 0.318. The molecule has 2 fully saturated rings. The van der Waals surface area contributed by atoms with E-state index in [1.54, 1.807) is 24.3 Å². The monoisotopic (exact) mass is 393 g/mol. The highest BCUT2D eigenvalue weighted by molar-refractivity contribution is 6.22. The van der Waals surface area contributed by atoms with Gasteiger partial charge in [0.05, 0.1) is 18.2 Å². The third-order valence-electron chi connectivity index (χ3n) is 5.57. The molecule has 29 heavy (non-hydrogen) atoms. The molecule has 150 valence electrons. The zero-order chi connectivity index (χ0) is 20.4. The summed E-state index contributed by atoms with van der Waals surface area (Å²) in [5, 5.41) is 0. The summed E-state index contributed by atoms with van der Waals surface area (Å²) < 4.78 is 5.76. The summed E-state index contributed by atoms with van der Waals surface area (Å²) in [5.41, 5.74) is 5.91. The number of imide groups is 1. The molecular weight excluding hydrogens is 370 g/mol. The van der Waals surface area contributed by atoms with Crippen molar-refractivity contribution in [1.82, 2.24) is 4.90 Å². The van der Waals surface area contributed by atoms with Crippen molar-refractivity contribution >= 4 is 23.4 Å². The second-order valence-electron chi connectivity index (χ2n) is 7.41. The van der Waals surface area contributed by atoms with Crippen LogP contribution in [0.4, 0.5) is 5.69 Å². The molecule has 2 heterocycles. The number of piperidine rings is 1. The van der Waals surface area contributed by atoms with Crippen molar-refractivity contribution in [2.75, 3.05) is 18.0 Å². The summed E-state index contributed by atoms with van der Waals surface area (Å²) in [5.74, 6) is 0.472. The van der Waals surface area contributed by atoms with Crippen molar-refractivity contribution in [2.24, 2.45) is 11.7 Å². The average Bonchev–Trinajstić information content (AvgIpc) is 3.03. The van der Waals surface area contributed by atoms with Crippen LogP contribution in [0.1, 0.15) is 19.3 Å². The second kappa shape index (κ2) is 8.05. The van der Waals surface area contributed by atoms with Crippen LogP contribution in [-0.4, -0.2) is 41.8 Å². The molecule has 0 spiro atoms. The number of anilines is 1. The van der Waals surface area contributed by atoms with Gasteiger partial charge < -0.3 is 10.5 Å². The van der Waals surface area contributed by atoms with Crippen LogP contribution < -0.4 is 15.4 Å². The minimum Gasteiger partial charge on any atom is -0.457 e. The van der Waals surface area contributed by atoms with Crippen LogP contribution in [0.25, 0.3) is 0 Å².